The van der Waals surface area contributed by atoms with Gasteiger partial charge >= 0.3 is 11.9 Å². The second kappa shape index (κ2) is 12.1. The highest BCUT2D eigenvalue weighted by molar-refractivity contribution is 5.83. The minimum Gasteiger partial charge on any atom is -0.466 e. The van der Waals surface area contributed by atoms with Crippen molar-refractivity contribution in [1.82, 2.24) is 0 Å². The fourth-order valence-corrected chi connectivity index (χ4v) is 3.41. The van der Waals surface area contributed by atoms with E-state index >= 15 is 0 Å². The minimum atomic E-state index is -0.252. The van der Waals surface area contributed by atoms with Crippen LogP contribution in [-0.4, -0.2) is 18.5 Å². The van der Waals surface area contributed by atoms with E-state index in [1.165, 1.54) is 17.9 Å². The third-order valence-corrected chi connectivity index (χ3v) is 4.89. The van der Waals surface area contributed by atoms with E-state index in [9.17, 15) is 9.59 Å². The summed E-state index contributed by atoms with van der Waals surface area (Å²) in [7, 11) is 0. The number of carbonyl (C=O) groups is 2. The van der Waals surface area contributed by atoms with Gasteiger partial charge in [-0.15, -0.1) is 0 Å². The summed E-state index contributed by atoms with van der Waals surface area (Å²) >= 11 is 0. The van der Waals surface area contributed by atoms with Gasteiger partial charge in [0, 0.05) is 13.3 Å². The normalized spacial score (nSPS) is 12.6. The molecule has 0 spiro atoms. The van der Waals surface area contributed by atoms with E-state index in [-0.39, 0.29) is 18.0 Å². The van der Waals surface area contributed by atoms with Gasteiger partial charge in [-0.25, -0.2) is 0 Å². The predicted molar refractivity (Wildman–Crippen MR) is 117 cm³/mol. The van der Waals surface area contributed by atoms with E-state index in [4.69, 9.17) is 9.47 Å². The Morgan fingerprint density at radius 1 is 1.00 bits per heavy atom. The first-order chi connectivity index (χ1) is 14.0. The highest BCUT2D eigenvalue weighted by Gasteiger charge is 2.15. The first kappa shape index (κ1) is 22.7. The largest absolute Gasteiger partial charge is 0.466 e. The number of unbranched alkanes of at least 4 members (excludes halogenated alkanes) is 1. The number of allylic oxidation sites excluding steroid dienone is 2. The average molecular weight is 397 g/mol. The fraction of sp³-hybridized carbons (Fsp3) is 0.440. The van der Waals surface area contributed by atoms with Crippen LogP contribution in [0.2, 0.25) is 0 Å². The number of rotatable bonds is 11. The summed E-state index contributed by atoms with van der Waals surface area (Å²) in [5, 5.41) is 2.34. The molecule has 2 aromatic carbocycles. The second-order valence-electron chi connectivity index (χ2n) is 7.34. The summed E-state index contributed by atoms with van der Waals surface area (Å²) in [5.74, 6) is -0.394. The zero-order chi connectivity index (χ0) is 21.1. The first-order valence-corrected chi connectivity index (χ1v) is 10.5. The minimum absolute atomic E-state index is 0.142. The van der Waals surface area contributed by atoms with E-state index in [0.29, 0.717) is 13.0 Å². The van der Waals surface area contributed by atoms with Gasteiger partial charge in [0.15, 0.2) is 0 Å². The molecule has 1 unspecified atom stereocenters. The molecule has 0 aliphatic heterocycles. The summed E-state index contributed by atoms with van der Waals surface area (Å²) in [6.45, 7) is 5.81. The lowest BCUT2D eigenvalue weighted by Crippen LogP contribution is -2.08. The smallest absolute Gasteiger partial charge is 0.306 e. The van der Waals surface area contributed by atoms with Gasteiger partial charge in [0.2, 0.25) is 0 Å². The van der Waals surface area contributed by atoms with Crippen molar-refractivity contribution >= 4 is 22.7 Å². The van der Waals surface area contributed by atoms with Crippen molar-refractivity contribution in [2.45, 2.75) is 65.4 Å². The maximum absolute atomic E-state index is 11.6. The van der Waals surface area contributed by atoms with Crippen molar-refractivity contribution in [3.63, 3.8) is 0 Å². The topological polar surface area (TPSA) is 52.6 Å². The van der Waals surface area contributed by atoms with Crippen molar-refractivity contribution in [2.24, 2.45) is 0 Å². The van der Waals surface area contributed by atoms with E-state index in [1.54, 1.807) is 0 Å². The van der Waals surface area contributed by atoms with E-state index in [0.717, 1.165) is 43.1 Å². The van der Waals surface area contributed by atoms with Gasteiger partial charge < -0.3 is 9.47 Å². The highest BCUT2D eigenvalue weighted by atomic mass is 16.5. The molecule has 0 saturated heterocycles. The number of hydrogen-bond acceptors (Lipinski definition) is 4. The predicted octanol–water partition coefficient (Wildman–Crippen LogP) is 6.29. The SMILES string of the molecule is CCOC(=O)CCC=C(C)CCCCC(OC(C)=O)c1ccc2ccccc2c1. The van der Waals surface area contributed by atoms with Crippen LogP contribution in [0, 0.1) is 0 Å². The maximum atomic E-state index is 11.6. The molecule has 29 heavy (non-hydrogen) atoms. The lowest BCUT2D eigenvalue weighted by Gasteiger charge is -2.18. The lowest BCUT2D eigenvalue weighted by atomic mass is 9.98. The van der Waals surface area contributed by atoms with Gasteiger partial charge in [-0.3, -0.25) is 9.59 Å². The Kier molecular flexibility index (Phi) is 9.42. The molecule has 0 radical (unpaired) electrons. The van der Waals surface area contributed by atoms with Gasteiger partial charge in [-0.2, -0.15) is 0 Å². The van der Waals surface area contributed by atoms with Gasteiger partial charge in [0.25, 0.3) is 0 Å². The van der Waals surface area contributed by atoms with Crippen LogP contribution in [0.5, 0.6) is 0 Å². The highest BCUT2D eigenvalue weighted by Crippen LogP contribution is 2.27. The molecule has 2 rings (SSSR count). The Bertz CT molecular complexity index is 838. The summed E-state index contributed by atoms with van der Waals surface area (Å²) in [4.78, 5) is 23.0. The van der Waals surface area contributed by atoms with Crippen molar-refractivity contribution < 1.29 is 19.1 Å². The average Bonchev–Trinajstić information content (AvgIpc) is 2.70. The van der Waals surface area contributed by atoms with E-state index < -0.39 is 0 Å². The van der Waals surface area contributed by atoms with Crippen molar-refractivity contribution in [3.8, 4) is 0 Å². The molecular weight excluding hydrogens is 364 g/mol. The molecule has 0 saturated carbocycles. The van der Waals surface area contributed by atoms with Gasteiger partial charge in [0.05, 0.1) is 6.61 Å². The monoisotopic (exact) mass is 396 g/mol. The molecule has 0 amide bonds. The number of esters is 2. The standard InChI is InChI=1S/C25H32O4/c1-4-28-25(27)15-9-11-19(2)10-5-8-14-24(29-20(3)26)23-17-16-21-12-6-7-13-22(21)18-23/h6-7,11-13,16-18,24H,4-5,8-10,14-15H2,1-3H3. The first-order valence-electron chi connectivity index (χ1n) is 10.5. The Hall–Kier alpha value is -2.62. The van der Waals surface area contributed by atoms with E-state index in [2.05, 4.69) is 43.3 Å². The van der Waals surface area contributed by atoms with Crippen LogP contribution >= 0.6 is 0 Å². The van der Waals surface area contributed by atoms with Gasteiger partial charge in [-0.05, 0) is 68.4 Å². The van der Waals surface area contributed by atoms with Crippen LogP contribution in [0.25, 0.3) is 10.8 Å². The molecule has 0 aliphatic carbocycles. The molecule has 0 aliphatic rings. The van der Waals surface area contributed by atoms with Crippen molar-refractivity contribution in [2.75, 3.05) is 6.61 Å². The fourth-order valence-electron chi connectivity index (χ4n) is 3.41. The van der Waals surface area contributed by atoms with Crippen LogP contribution in [0.1, 0.15) is 71.0 Å². The van der Waals surface area contributed by atoms with Crippen LogP contribution in [0.4, 0.5) is 0 Å². The number of carbonyl (C=O) groups excluding carboxylic acids is 2. The van der Waals surface area contributed by atoms with Crippen LogP contribution < -0.4 is 0 Å². The number of hydrogen-bond donors (Lipinski definition) is 0. The molecule has 1 atom stereocenters. The lowest BCUT2D eigenvalue weighted by molar-refractivity contribution is -0.147. The Balaban J connectivity index is 1.85. The third-order valence-electron chi connectivity index (χ3n) is 4.89. The Labute approximate surface area is 173 Å². The zero-order valence-corrected chi connectivity index (χ0v) is 17.8. The molecule has 0 aromatic heterocycles. The number of ether oxygens (including phenoxy) is 2. The third kappa shape index (κ3) is 8.10. The van der Waals surface area contributed by atoms with Crippen molar-refractivity contribution in [3.05, 3.63) is 59.7 Å². The van der Waals surface area contributed by atoms with Gasteiger partial charge in [0.1, 0.15) is 6.10 Å². The van der Waals surface area contributed by atoms with Crippen LogP contribution in [0.15, 0.2) is 54.1 Å². The number of fused-ring (bicyclic) bond motifs is 1. The maximum Gasteiger partial charge on any atom is 0.306 e. The molecule has 0 bridgehead atoms. The quantitative estimate of drug-likeness (QED) is 0.254. The molecular formula is C25H32O4. The number of benzene rings is 2. The van der Waals surface area contributed by atoms with Crippen molar-refractivity contribution in [1.29, 1.82) is 0 Å². The summed E-state index contributed by atoms with van der Waals surface area (Å²) in [5.41, 5.74) is 2.32. The molecule has 2 aromatic rings. The summed E-state index contributed by atoms with van der Waals surface area (Å²) in [6.07, 6.45) is 6.82. The van der Waals surface area contributed by atoms with E-state index in [1.807, 2.05) is 19.1 Å². The zero-order valence-electron chi connectivity index (χ0n) is 17.8. The molecule has 0 N–H and O–H groups in total. The molecule has 156 valence electrons. The molecule has 0 heterocycles. The Morgan fingerprint density at radius 2 is 1.76 bits per heavy atom. The summed E-state index contributed by atoms with van der Waals surface area (Å²) in [6, 6.07) is 14.4. The molecule has 0 fully saturated rings. The second-order valence-corrected chi connectivity index (χ2v) is 7.34. The Morgan fingerprint density at radius 3 is 2.48 bits per heavy atom. The van der Waals surface area contributed by atoms with Crippen LogP contribution in [-0.2, 0) is 19.1 Å². The molecule has 4 nitrogen and oxygen atoms in total. The van der Waals surface area contributed by atoms with Crippen LogP contribution in [0.3, 0.4) is 0 Å². The summed E-state index contributed by atoms with van der Waals surface area (Å²) < 4.78 is 10.5. The van der Waals surface area contributed by atoms with Gasteiger partial charge in [-0.1, -0.05) is 48.0 Å². The molecule has 4 heteroatoms.